The largest absolute Gasteiger partial charge is 0.480 e. The first-order chi connectivity index (χ1) is 18.0. The van der Waals surface area contributed by atoms with E-state index in [1.165, 1.54) is 4.90 Å². The van der Waals surface area contributed by atoms with Gasteiger partial charge in [0, 0.05) is 61.2 Å². The van der Waals surface area contributed by atoms with Gasteiger partial charge in [-0.2, -0.15) is 4.31 Å². The number of hydrogen-bond donors (Lipinski definition) is 2. The summed E-state index contributed by atoms with van der Waals surface area (Å²) in [7, 11) is -0.632. The standard InChI is InChI=1S/C25H27ClN4O6S2/c1-28(11-12-36-2)23(27)16-3-5-17(6-4-16)24(31)30-10-9-29(15-20(30)25(32)33)38(34,35)22-13-18-7-8-19(26)14-21(18)37-22/h3-8,13-14,20,27H,9-12,15H2,1-2H3,(H,32,33). The summed E-state index contributed by atoms with van der Waals surface area (Å²) < 4.78 is 33.7. The van der Waals surface area contributed by atoms with Crippen molar-refractivity contribution in [3.63, 3.8) is 0 Å². The number of carbonyl (C=O) groups is 2. The molecule has 0 saturated carbocycles. The summed E-state index contributed by atoms with van der Waals surface area (Å²) in [6, 6.07) is 11.6. The normalized spacial score (nSPS) is 16.5. The van der Waals surface area contributed by atoms with Crippen LogP contribution in [0, 0.1) is 5.41 Å². The van der Waals surface area contributed by atoms with Crippen molar-refractivity contribution in [2.45, 2.75) is 10.3 Å². The lowest BCUT2D eigenvalue weighted by atomic mass is 10.1. The number of rotatable bonds is 8. The second kappa shape index (κ2) is 11.4. The zero-order chi connectivity index (χ0) is 27.6. The van der Waals surface area contributed by atoms with E-state index >= 15 is 0 Å². The number of thiophene rings is 1. The highest BCUT2D eigenvalue weighted by atomic mass is 35.5. The van der Waals surface area contributed by atoms with Gasteiger partial charge in [0.05, 0.1) is 6.61 Å². The number of halogens is 1. The zero-order valence-electron chi connectivity index (χ0n) is 20.8. The lowest BCUT2D eigenvalue weighted by molar-refractivity contribution is -0.143. The number of nitrogens with one attached hydrogen (secondary N) is 1. The summed E-state index contributed by atoms with van der Waals surface area (Å²) in [5.74, 6) is -1.55. The monoisotopic (exact) mass is 578 g/mol. The van der Waals surface area contributed by atoms with Gasteiger partial charge in [0.25, 0.3) is 15.9 Å². The summed E-state index contributed by atoms with van der Waals surface area (Å²) in [6.07, 6.45) is 0. The minimum absolute atomic E-state index is 0.0418. The number of hydrogen-bond acceptors (Lipinski definition) is 7. The predicted octanol–water partition coefficient (Wildman–Crippen LogP) is 3.06. The van der Waals surface area contributed by atoms with Crippen molar-refractivity contribution >= 4 is 60.8 Å². The molecule has 0 radical (unpaired) electrons. The van der Waals surface area contributed by atoms with E-state index < -0.39 is 27.9 Å². The first-order valence-electron chi connectivity index (χ1n) is 11.6. The van der Waals surface area contributed by atoms with Gasteiger partial charge >= 0.3 is 5.97 Å². The molecule has 1 aliphatic rings. The van der Waals surface area contributed by atoms with Crippen molar-refractivity contribution in [3.05, 3.63) is 64.7 Å². The maximum atomic E-state index is 13.4. The predicted molar refractivity (Wildman–Crippen MR) is 146 cm³/mol. The number of piperazine rings is 1. The topological polar surface area (TPSA) is 131 Å². The molecule has 13 heteroatoms. The molecule has 1 aliphatic heterocycles. The number of sulfonamides is 1. The fraction of sp³-hybridized carbons (Fsp3) is 0.320. The molecule has 0 aliphatic carbocycles. The lowest BCUT2D eigenvalue weighted by Gasteiger charge is -2.38. The SMILES string of the molecule is COCCN(C)C(=N)c1ccc(C(=O)N2CCN(S(=O)(=O)c3cc4ccc(Cl)cc4s3)CC2C(=O)O)cc1. The molecule has 1 atom stereocenters. The highest BCUT2D eigenvalue weighted by Crippen LogP contribution is 2.33. The molecule has 202 valence electrons. The van der Waals surface area contributed by atoms with Gasteiger partial charge in [-0.25, -0.2) is 13.2 Å². The highest BCUT2D eigenvalue weighted by Gasteiger charge is 2.40. The fourth-order valence-electron chi connectivity index (χ4n) is 4.16. The Bertz CT molecular complexity index is 1470. The van der Waals surface area contributed by atoms with Gasteiger partial charge in [0.15, 0.2) is 0 Å². The third kappa shape index (κ3) is 5.69. The number of methoxy groups -OCH3 is 1. The number of amides is 1. The van der Waals surface area contributed by atoms with E-state index in [1.54, 1.807) is 67.6 Å². The summed E-state index contributed by atoms with van der Waals surface area (Å²) in [6.45, 7) is 0.498. The molecule has 2 heterocycles. The molecular weight excluding hydrogens is 552 g/mol. The third-order valence-electron chi connectivity index (χ3n) is 6.36. The molecule has 3 aromatic rings. The highest BCUT2D eigenvalue weighted by molar-refractivity contribution is 7.91. The minimum Gasteiger partial charge on any atom is -0.480 e. The number of fused-ring (bicyclic) bond motifs is 1. The quantitative estimate of drug-likeness (QED) is 0.310. The molecule has 2 N–H and O–H groups in total. The van der Waals surface area contributed by atoms with Crippen molar-refractivity contribution in [1.82, 2.24) is 14.1 Å². The maximum absolute atomic E-state index is 13.4. The van der Waals surface area contributed by atoms with E-state index in [9.17, 15) is 23.1 Å². The van der Waals surface area contributed by atoms with Crippen molar-refractivity contribution < 1.29 is 27.9 Å². The molecule has 0 bridgehead atoms. The van der Waals surface area contributed by atoms with Gasteiger partial charge in [-0.05, 0) is 35.7 Å². The molecular formula is C25H27ClN4O6S2. The Labute approximate surface area is 229 Å². The molecule has 10 nitrogen and oxygen atoms in total. The molecule has 1 aromatic heterocycles. The number of likely N-dealkylation sites (N-methyl/N-ethyl adjacent to an activating group) is 1. The van der Waals surface area contributed by atoms with E-state index in [1.807, 2.05) is 0 Å². The average molecular weight is 579 g/mol. The van der Waals surface area contributed by atoms with Crippen LogP contribution in [0.4, 0.5) is 0 Å². The summed E-state index contributed by atoms with van der Waals surface area (Å²) in [5, 5.41) is 19.4. The Kier molecular flexibility index (Phi) is 8.38. The Morgan fingerprint density at radius 1 is 1.16 bits per heavy atom. The lowest BCUT2D eigenvalue weighted by Crippen LogP contribution is -2.59. The van der Waals surface area contributed by atoms with Crippen molar-refractivity contribution in [3.8, 4) is 0 Å². The number of carbonyl (C=O) groups excluding carboxylic acids is 1. The molecule has 2 aromatic carbocycles. The number of nitrogens with zero attached hydrogens (tertiary/aromatic N) is 3. The van der Waals surface area contributed by atoms with Crippen LogP contribution in [0.5, 0.6) is 0 Å². The van der Waals surface area contributed by atoms with E-state index in [-0.39, 0.29) is 35.2 Å². The number of amidine groups is 1. The van der Waals surface area contributed by atoms with Gasteiger partial charge in [-0.1, -0.05) is 29.8 Å². The molecule has 1 amide bonds. The number of carboxylic acids is 1. The van der Waals surface area contributed by atoms with E-state index in [4.69, 9.17) is 21.7 Å². The van der Waals surface area contributed by atoms with Crippen molar-refractivity contribution in [2.24, 2.45) is 0 Å². The Morgan fingerprint density at radius 2 is 1.84 bits per heavy atom. The van der Waals surface area contributed by atoms with Crippen molar-refractivity contribution in [2.75, 3.05) is 46.9 Å². The van der Waals surface area contributed by atoms with Crippen LogP contribution in [0.3, 0.4) is 0 Å². The second-order valence-corrected chi connectivity index (χ2v) is 12.5. The molecule has 1 saturated heterocycles. The van der Waals surface area contributed by atoms with Crippen LogP contribution in [0.15, 0.2) is 52.7 Å². The van der Waals surface area contributed by atoms with Crippen molar-refractivity contribution in [1.29, 1.82) is 5.41 Å². The van der Waals surface area contributed by atoms with Crippen LogP contribution >= 0.6 is 22.9 Å². The van der Waals surface area contributed by atoms with Crippen LogP contribution in [-0.2, 0) is 19.6 Å². The first-order valence-corrected chi connectivity index (χ1v) is 14.3. The molecule has 4 rings (SSSR count). The van der Waals surface area contributed by atoms with Crippen LogP contribution in [-0.4, -0.2) is 98.3 Å². The first kappa shape index (κ1) is 28.0. The second-order valence-electron chi connectivity index (χ2n) is 8.80. The van der Waals surface area contributed by atoms with Gasteiger partial charge < -0.3 is 19.6 Å². The van der Waals surface area contributed by atoms with Crippen LogP contribution < -0.4 is 0 Å². The van der Waals surface area contributed by atoms with Gasteiger partial charge in [0.2, 0.25) is 0 Å². The number of aliphatic carboxylic acids is 1. The van der Waals surface area contributed by atoms with Gasteiger partial charge in [0.1, 0.15) is 16.1 Å². The smallest absolute Gasteiger partial charge is 0.327 e. The minimum atomic E-state index is -3.98. The fourth-order valence-corrected chi connectivity index (χ4v) is 7.43. The summed E-state index contributed by atoms with van der Waals surface area (Å²) in [4.78, 5) is 28.3. The summed E-state index contributed by atoms with van der Waals surface area (Å²) >= 11 is 7.09. The third-order valence-corrected chi connectivity index (χ3v) is 10.0. The summed E-state index contributed by atoms with van der Waals surface area (Å²) in [5.41, 5.74) is 0.848. The molecule has 0 spiro atoms. The van der Waals surface area contributed by atoms with E-state index in [0.717, 1.165) is 21.0 Å². The van der Waals surface area contributed by atoms with Gasteiger partial charge in [-0.3, -0.25) is 10.2 Å². The van der Waals surface area contributed by atoms with Gasteiger partial charge in [-0.15, -0.1) is 11.3 Å². The zero-order valence-corrected chi connectivity index (χ0v) is 23.1. The van der Waals surface area contributed by atoms with Crippen LogP contribution in [0.25, 0.3) is 10.1 Å². The van der Waals surface area contributed by atoms with Crippen LogP contribution in [0.1, 0.15) is 15.9 Å². The number of benzene rings is 2. The Hall–Kier alpha value is -3.03. The maximum Gasteiger partial charge on any atom is 0.327 e. The average Bonchev–Trinajstić information content (AvgIpc) is 3.34. The Morgan fingerprint density at radius 3 is 2.50 bits per heavy atom. The molecule has 1 fully saturated rings. The number of ether oxygens (including phenoxy) is 1. The molecule has 38 heavy (non-hydrogen) atoms. The van der Waals surface area contributed by atoms with E-state index in [0.29, 0.717) is 28.4 Å². The number of carboxylic acid groups (broad SMARTS) is 1. The molecule has 1 unspecified atom stereocenters. The van der Waals surface area contributed by atoms with Crippen LogP contribution in [0.2, 0.25) is 5.02 Å². The van der Waals surface area contributed by atoms with E-state index in [2.05, 4.69) is 0 Å². The Balaban J connectivity index is 1.50.